The first-order chi connectivity index (χ1) is 14.9. The van der Waals surface area contributed by atoms with E-state index in [0.717, 1.165) is 35.7 Å². The zero-order chi connectivity index (χ0) is 21.7. The van der Waals surface area contributed by atoms with Crippen LogP contribution in [0.5, 0.6) is 0 Å². The summed E-state index contributed by atoms with van der Waals surface area (Å²) in [6.07, 6.45) is 3.39. The van der Waals surface area contributed by atoms with Gasteiger partial charge in [0.15, 0.2) is 11.5 Å². The van der Waals surface area contributed by atoms with Crippen molar-refractivity contribution in [2.24, 2.45) is 0 Å². The fourth-order valence-electron chi connectivity index (χ4n) is 4.40. The first-order valence-electron chi connectivity index (χ1n) is 10.4. The third-order valence-electron chi connectivity index (χ3n) is 5.59. The molecule has 1 aromatic carbocycles. The minimum Gasteiger partial charge on any atom is -0.368 e. The van der Waals surface area contributed by atoms with Crippen LogP contribution in [0, 0.1) is 19.7 Å². The molecule has 2 atom stereocenters. The number of hydrogen-bond acceptors (Lipinski definition) is 7. The van der Waals surface area contributed by atoms with Crippen LogP contribution in [0.1, 0.15) is 25.1 Å². The fourth-order valence-corrected chi connectivity index (χ4v) is 4.40. The topological polar surface area (TPSA) is 83.3 Å². The molecule has 0 saturated carbocycles. The summed E-state index contributed by atoms with van der Waals surface area (Å²) in [4.78, 5) is 6.66. The minimum absolute atomic E-state index is 0.331. The van der Waals surface area contributed by atoms with E-state index in [1.54, 1.807) is 10.6 Å². The van der Waals surface area contributed by atoms with Crippen molar-refractivity contribution in [2.75, 3.05) is 23.3 Å². The molecule has 0 radical (unpaired) electrons. The van der Waals surface area contributed by atoms with Crippen LogP contribution in [-0.4, -0.2) is 50.0 Å². The molecule has 1 aliphatic heterocycles. The number of rotatable bonds is 3. The number of anilines is 3. The smallest absolute Gasteiger partial charge is 0.156 e. The number of halogens is 1. The van der Waals surface area contributed by atoms with Crippen molar-refractivity contribution in [3.05, 3.63) is 47.7 Å². The summed E-state index contributed by atoms with van der Waals surface area (Å²) in [7, 11) is 0. The molecule has 3 aromatic heterocycles. The highest BCUT2D eigenvalue weighted by Gasteiger charge is 2.23. The molecule has 0 spiro atoms. The Labute approximate surface area is 179 Å². The van der Waals surface area contributed by atoms with Crippen LogP contribution in [-0.2, 0) is 0 Å². The number of nitrogens with one attached hydrogen (secondary N) is 2. The quantitative estimate of drug-likeness (QED) is 0.526. The standard InChI is InChI=1S/C22H25FN8/c1-12-5-20(29-31-11-15(4)26-22(12)31)27-19-8-24-28-18-7-16(6-17(23)21(18)19)30-9-13(2)25-14(3)10-30/h5-8,11,13-14,25H,9-10H2,1-4H3,(H,27,28,29)/t13-,14-/m1/s1. The lowest BCUT2D eigenvalue weighted by molar-refractivity contribution is 0.407. The molecular formula is C22H25FN8. The van der Waals surface area contributed by atoms with E-state index in [1.807, 2.05) is 32.2 Å². The number of benzene rings is 1. The molecule has 0 aliphatic carbocycles. The lowest BCUT2D eigenvalue weighted by Crippen LogP contribution is -2.54. The maximum atomic E-state index is 15.3. The van der Waals surface area contributed by atoms with E-state index in [2.05, 4.69) is 49.7 Å². The third kappa shape index (κ3) is 3.65. The number of hydrogen-bond donors (Lipinski definition) is 2. The van der Waals surface area contributed by atoms with Crippen molar-refractivity contribution in [2.45, 2.75) is 39.8 Å². The van der Waals surface area contributed by atoms with E-state index in [1.165, 1.54) is 6.20 Å². The van der Waals surface area contributed by atoms with Gasteiger partial charge in [-0.3, -0.25) is 0 Å². The van der Waals surface area contributed by atoms with Gasteiger partial charge in [-0.25, -0.2) is 13.9 Å². The zero-order valence-corrected chi connectivity index (χ0v) is 18.0. The summed E-state index contributed by atoms with van der Waals surface area (Å²) in [6, 6.07) is 6.04. The molecular weight excluding hydrogens is 395 g/mol. The van der Waals surface area contributed by atoms with Crippen LogP contribution < -0.4 is 15.5 Å². The van der Waals surface area contributed by atoms with Crippen LogP contribution in [0.25, 0.3) is 16.6 Å². The van der Waals surface area contributed by atoms with Gasteiger partial charge in [-0.2, -0.15) is 10.2 Å². The monoisotopic (exact) mass is 420 g/mol. The third-order valence-corrected chi connectivity index (χ3v) is 5.59. The van der Waals surface area contributed by atoms with Crippen LogP contribution >= 0.6 is 0 Å². The first-order valence-corrected chi connectivity index (χ1v) is 10.4. The normalized spacial score (nSPS) is 19.3. The van der Waals surface area contributed by atoms with Gasteiger partial charge < -0.3 is 15.5 Å². The number of imidazole rings is 1. The van der Waals surface area contributed by atoms with Crippen molar-refractivity contribution < 1.29 is 4.39 Å². The highest BCUT2D eigenvalue weighted by molar-refractivity contribution is 5.94. The van der Waals surface area contributed by atoms with E-state index in [9.17, 15) is 0 Å². The molecule has 8 nitrogen and oxygen atoms in total. The second kappa shape index (κ2) is 7.42. The molecule has 31 heavy (non-hydrogen) atoms. The van der Waals surface area contributed by atoms with Crippen molar-refractivity contribution in [1.29, 1.82) is 0 Å². The average molecular weight is 420 g/mol. The Morgan fingerprint density at radius 3 is 2.68 bits per heavy atom. The second-order valence-corrected chi connectivity index (χ2v) is 8.44. The van der Waals surface area contributed by atoms with Crippen molar-refractivity contribution in [3.63, 3.8) is 0 Å². The molecule has 0 bridgehead atoms. The number of aromatic nitrogens is 5. The maximum Gasteiger partial charge on any atom is 0.156 e. The first kappa shape index (κ1) is 19.6. The highest BCUT2D eigenvalue weighted by atomic mass is 19.1. The maximum absolute atomic E-state index is 15.3. The Morgan fingerprint density at radius 1 is 1.13 bits per heavy atom. The lowest BCUT2D eigenvalue weighted by atomic mass is 10.1. The Bertz CT molecular complexity index is 1270. The summed E-state index contributed by atoms with van der Waals surface area (Å²) in [5.74, 6) is 0.255. The molecule has 0 amide bonds. The van der Waals surface area contributed by atoms with Gasteiger partial charge >= 0.3 is 0 Å². The van der Waals surface area contributed by atoms with Gasteiger partial charge in [-0.05, 0) is 51.5 Å². The molecule has 5 rings (SSSR count). The molecule has 1 aliphatic rings. The van der Waals surface area contributed by atoms with Crippen LogP contribution in [0.3, 0.4) is 0 Å². The fraction of sp³-hybridized carbons (Fsp3) is 0.364. The van der Waals surface area contributed by atoms with Gasteiger partial charge in [0.1, 0.15) is 11.3 Å². The molecule has 2 N–H and O–H groups in total. The molecule has 9 heteroatoms. The molecule has 4 aromatic rings. The van der Waals surface area contributed by atoms with Crippen molar-refractivity contribution >= 4 is 33.7 Å². The zero-order valence-electron chi connectivity index (χ0n) is 18.0. The Kier molecular flexibility index (Phi) is 4.70. The van der Waals surface area contributed by atoms with E-state index in [-0.39, 0.29) is 5.82 Å². The van der Waals surface area contributed by atoms with Crippen LogP contribution in [0.15, 0.2) is 30.6 Å². The highest BCUT2D eigenvalue weighted by Crippen LogP contribution is 2.31. The molecule has 1 fully saturated rings. The predicted molar refractivity (Wildman–Crippen MR) is 120 cm³/mol. The van der Waals surface area contributed by atoms with Crippen molar-refractivity contribution in [1.82, 2.24) is 30.1 Å². The number of fused-ring (bicyclic) bond motifs is 2. The largest absolute Gasteiger partial charge is 0.368 e. The van der Waals surface area contributed by atoms with Gasteiger partial charge in [-0.15, -0.1) is 5.10 Å². The number of nitrogens with zero attached hydrogens (tertiary/aromatic N) is 6. The van der Waals surface area contributed by atoms with Gasteiger partial charge in [0.2, 0.25) is 0 Å². The van der Waals surface area contributed by atoms with Crippen LogP contribution in [0.4, 0.5) is 21.6 Å². The SMILES string of the molecule is Cc1cn2nc(Nc3cnnc4cc(N5C[C@@H](C)N[C@H](C)C5)cc(F)c34)cc(C)c2n1. The van der Waals surface area contributed by atoms with Gasteiger partial charge in [0.05, 0.1) is 29.2 Å². The summed E-state index contributed by atoms with van der Waals surface area (Å²) in [6.45, 7) is 9.79. The Hall–Kier alpha value is -3.33. The van der Waals surface area contributed by atoms with Crippen LogP contribution in [0.2, 0.25) is 0 Å². The number of aryl methyl sites for hydroxylation is 2. The van der Waals surface area contributed by atoms with E-state index < -0.39 is 0 Å². The van der Waals surface area contributed by atoms with Gasteiger partial charge in [0.25, 0.3) is 0 Å². The minimum atomic E-state index is -0.333. The molecule has 0 unspecified atom stereocenters. The number of piperazine rings is 1. The second-order valence-electron chi connectivity index (χ2n) is 8.44. The van der Waals surface area contributed by atoms with Crippen molar-refractivity contribution in [3.8, 4) is 0 Å². The lowest BCUT2D eigenvalue weighted by Gasteiger charge is -2.37. The average Bonchev–Trinajstić information content (AvgIpc) is 3.08. The van der Waals surface area contributed by atoms with Gasteiger partial charge in [0, 0.05) is 30.9 Å². The molecule has 160 valence electrons. The Balaban J connectivity index is 1.53. The summed E-state index contributed by atoms with van der Waals surface area (Å²) in [5, 5.41) is 20.0. The van der Waals surface area contributed by atoms with E-state index in [4.69, 9.17) is 0 Å². The Morgan fingerprint density at radius 2 is 1.90 bits per heavy atom. The predicted octanol–water partition coefficient (Wildman–Crippen LogP) is 3.36. The molecule has 4 heterocycles. The molecule has 1 saturated heterocycles. The van der Waals surface area contributed by atoms with E-state index >= 15 is 4.39 Å². The van der Waals surface area contributed by atoms with E-state index in [0.29, 0.717) is 34.5 Å². The summed E-state index contributed by atoms with van der Waals surface area (Å²) >= 11 is 0. The summed E-state index contributed by atoms with van der Waals surface area (Å²) in [5.41, 5.74) is 4.52. The summed E-state index contributed by atoms with van der Waals surface area (Å²) < 4.78 is 17.0. The van der Waals surface area contributed by atoms with Gasteiger partial charge in [-0.1, -0.05) is 0 Å².